The molecule has 0 radical (unpaired) electrons. The SMILES string of the molecule is COc1ccc(NC(=O)CC2C(=O)N(C)C(=S)N2CCN2CCOCC2)cc1. The molecule has 1 unspecified atom stereocenters. The van der Waals surface area contributed by atoms with Gasteiger partial charge in [-0.05, 0) is 36.5 Å². The van der Waals surface area contributed by atoms with Gasteiger partial charge in [-0.2, -0.15) is 0 Å². The molecule has 2 fully saturated rings. The molecule has 2 saturated heterocycles. The maximum Gasteiger partial charge on any atom is 0.251 e. The van der Waals surface area contributed by atoms with Crippen LogP contribution in [0, 0.1) is 0 Å². The number of ether oxygens (including phenoxy) is 2. The Balaban J connectivity index is 1.60. The molecule has 1 aromatic rings. The van der Waals surface area contributed by atoms with Crippen molar-refractivity contribution in [3.8, 4) is 5.75 Å². The predicted octanol–water partition coefficient (Wildman–Crippen LogP) is 0.784. The molecule has 1 N–H and O–H groups in total. The Hall–Kier alpha value is -2.23. The van der Waals surface area contributed by atoms with Crippen molar-refractivity contribution < 1.29 is 19.1 Å². The average molecular weight is 407 g/mol. The minimum atomic E-state index is -0.572. The Morgan fingerprint density at radius 3 is 2.57 bits per heavy atom. The predicted molar refractivity (Wildman–Crippen MR) is 109 cm³/mol. The Bertz CT molecular complexity index is 721. The monoisotopic (exact) mass is 406 g/mol. The normalized spacial score (nSPS) is 20.6. The highest BCUT2D eigenvalue weighted by atomic mass is 32.1. The summed E-state index contributed by atoms with van der Waals surface area (Å²) >= 11 is 5.44. The van der Waals surface area contributed by atoms with Crippen molar-refractivity contribution in [2.45, 2.75) is 12.5 Å². The molecule has 0 aliphatic carbocycles. The molecule has 2 heterocycles. The fourth-order valence-corrected chi connectivity index (χ4v) is 3.67. The number of hydrogen-bond donors (Lipinski definition) is 1. The summed E-state index contributed by atoms with van der Waals surface area (Å²) in [6.07, 6.45) is 0.0540. The van der Waals surface area contributed by atoms with E-state index < -0.39 is 6.04 Å². The number of thiocarbonyl (C=S) groups is 1. The van der Waals surface area contributed by atoms with E-state index >= 15 is 0 Å². The van der Waals surface area contributed by atoms with Gasteiger partial charge in [-0.1, -0.05) is 0 Å². The van der Waals surface area contributed by atoms with Crippen molar-refractivity contribution >= 4 is 34.8 Å². The molecule has 0 bridgehead atoms. The van der Waals surface area contributed by atoms with Gasteiger partial charge in [-0.3, -0.25) is 19.4 Å². The second kappa shape index (κ2) is 9.31. The van der Waals surface area contributed by atoms with Crippen LogP contribution in [0.1, 0.15) is 6.42 Å². The maximum absolute atomic E-state index is 12.6. The zero-order valence-corrected chi connectivity index (χ0v) is 17.0. The van der Waals surface area contributed by atoms with Gasteiger partial charge in [-0.15, -0.1) is 0 Å². The number of rotatable bonds is 7. The Labute approximate surface area is 170 Å². The summed E-state index contributed by atoms with van der Waals surface area (Å²) in [6.45, 7) is 4.56. The number of carbonyl (C=O) groups excluding carboxylic acids is 2. The first-order valence-electron chi connectivity index (χ1n) is 9.32. The number of likely N-dealkylation sites (N-methyl/N-ethyl adjacent to an activating group) is 1. The van der Waals surface area contributed by atoms with Crippen LogP contribution in [0.25, 0.3) is 0 Å². The van der Waals surface area contributed by atoms with Crippen molar-refractivity contribution in [3.05, 3.63) is 24.3 Å². The molecular weight excluding hydrogens is 380 g/mol. The average Bonchev–Trinajstić information content (AvgIpc) is 2.91. The second-order valence-electron chi connectivity index (χ2n) is 6.82. The lowest BCUT2D eigenvalue weighted by atomic mass is 10.1. The van der Waals surface area contributed by atoms with Crippen LogP contribution in [-0.2, 0) is 14.3 Å². The van der Waals surface area contributed by atoms with E-state index in [-0.39, 0.29) is 18.2 Å². The Morgan fingerprint density at radius 1 is 1.25 bits per heavy atom. The largest absolute Gasteiger partial charge is 0.497 e. The lowest BCUT2D eigenvalue weighted by Gasteiger charge is -2.30. The molecular formula is C19H26N4O4S. The summed E-state index contributed by atoms with van der Waals surface area (Å²) in [6, 6.07) is 6.50. The molecule has 0 aromatic heterocycles. The quantitative estimate of drug-likeness (QED) is 0.671. The summed E-state index contributed by atoms with van der Waals surface area (Å²) in [5.41, 5.74) is 0.659. The van der Waals surface area contributed by atoms with Crippen molar-refractivity contribution in [2.75, 3.05) is 58.9 Å². The number of nitrogens with one attached hydrogen (secondary N) is 1. The summed E-state index contributed by atoms with van der Waals surface area (Å²) in [5.74, 6) is 0.347. The zero-order valence-electron chi connectivity index (χ0n) is 16.2. The minimum Gasteiger partial charge on any atom is -0.497 e. The highest BCUT2D eigenvalue weighted by Gasteiger charge is 2.41. The van der Waals surface area contributed by atoms with Gasteiger partial charge in [0.2, 0.25) is 5.91 Å². The van der Waals surface area contributed by atoms with Crippen LogP contribution in [0.5, 0.6) is 5.75 Å². The van der Waals surface area contributed by atoms with Gasteiger partial charge in [0.1, 0.15) is 11.8 Å². The standard InChI is InChI=1S/C19H26N4O4S/c1-21-18(25)16(13-17(24)20-14-3-5-15(26-2)6-4-14)23(19(21)28)8-7-22-9-11-27-12-10-22/h3-6,16H,7-13H2,1-2H3,(H,20,24). The molecule has 9 heteroatoms. The van der Waals surface area contributed by atoms with Crippen LogP contribution in [0.4, 0.5) is 5.69 Å². The van der Waals surface area contributed by atoms with E-state index in [4.69, 9.17) is 21.7 Å². The highest BCUT2D eigenvalue weighted by Crippen LogP contribution is 2.21. The highest BCUT2D eigenvalue weighted by molar-refractivity contribution is 7.80. The van der Waals surface area contributed by atoms with Crippen LogP contribution in [0.2, 0.25) is 0 Å². The molecule has 8 nitrogen and oxygen atoms in total. The molecule has 2 aliphatic rings. The lowest BCUT2D eigenvalue weighted by Crippen LogP contribution is -2.45. The summed E-state index contributed by atoms with van der Waals surface area (Å²) in [5, 5.41) is 3.31. The van der Waals surface area contributed by atoms with Crippen molar-refractivity contribution in [1.82, 2.24) is 14.7 Å². The van der Waals surface area contributed by atoms with Crippen molar-refractivity contribution in [2.24, 2.45) is 0 Å². The summed E-state index contributed by atoms with van der Waals surface area (Å²) < 4.78 is 10.5. The smallest absolute Gasteiger partial charge is 0.251 e. The van der Waals surface area contributed by atoms with Crippen LogP contribution >= 0.6 is 12.2 Å². The second-order valence-corrected chi connectivity index (χ2v) is 7.19. The fraction of sp³-hybridized carbons (Fsp3) is 0.526. The van der Waals surface area contributed by atoms with E-state index in [9.17, 15) is 9.59 Å². The number of anilines is 1. The first kappa shape index (κ1) is 20.5. The van der Waals surface area contributed by atoms with E-state index in [0.717, 1.165) is 32.8 Å². The molecule has 1 atom stereocenters. The molecule has 2 aliphatic heterocycles. The Morgan fingerprint density at radius 2 is 1.93 bits per heavy atom. The number of carbonyl (C=O) groups is 2. The van der Waals surface area contributed by atoms with E-state index in [0.29, 0.717) is 23.1 Å². The molecule has 152 valence electrons. The number of benzene rings is 1. The number of hydrogen-bond acceptors (Lipinski definition) is 6. The molecule has 3 rings (SSSR count). The van der Waals surface area contributed by atoms with E-state index in [2.05, 4.69) is 10.2 Å². The molecule has 0 spiro atoms. The first-order valence-corrected chi connectivity index (χ1v) is 9.72. The van der Waals surface area contributed by atoms with Gasteiger partial charge in [0, 0.05) is 38.9 Å². The Kier molecular flexibility index (Phi) is 6.82. The van der Waals surface area contributed by atoms with Gasteiger partial charge in [0.15, 0.2) is 5.11 Å². The topological polar surface area (TPSA) is 74.4 Å². The van der Waals surface area contributed by atoms with Gasteiger partial charge in [-0.25, -0.2) is 0 Å². The summed E-state index contributed by atoms with van der Waals surface area (Å²) in [7, 11) is 3.25. The van der Waals surface area contributed by atoms with E-state index in [1.165, 1.54) is 4.90 Å². The number of morpholine rings is 1. The third kappa shape index (κ3) is 4.78. The van der Waals surface area contributed by atoms with E-state index in [1.54, 1.807) is 38.4 Å². The summed E-state index contributed by atoms with van der Waals surface area (Å²) in [4.78, 5) is 30.7. The first-order chi connectivity index (χ1) is 13.5. The third-order valence-electron chi connectivity index (χ3n) is 5.04. The van der Waals surface area contributed by atoms with Crippen molar-refractivity contribution in [1.29, 1.82) is 0 Å². The van der Waals surface area contributed by atoms with Crippen LogP contribution < -0.4 is 10.1 Å². The zero-order chi connectivity index (χ0) is 20.1. The van der Waals surface area contributed by atoms with Crippen LogP contribution in [-0.4, -0.2) is 91.2 Å². The van der Waals surface area contributed by atoms with Gasteiger partial charge in [0.05, 0.1) is 26.7 Å². The molecule has 0 saturated carbocycles. The van der Waals surface area contributed by atoms with E-state index in [1.807, 2.05) is 4.90 Å². The molecule has 28 heavy (non-hydrogen) atoms. The lowest BCUT2D eigenvalue weighted by molar-refractivity contribution is -0.130. The van der Waals surface area contributed by atoms with Crippen molar-refractivity contribution in [3.63, 3.8) is 0 Å². The van der Waals surface area contributed by atoms with Gasteiger partial charge in [0.25, 0.3) is 5.91 Å². The number of nitrogens with zero attached hydrogens (tertiary/aromatic N) is 3. The molecule has 1 aromatic carbocycles. The van der Waals surface area contributed by atoms with Gasteiger partial charge >= 0.3 is 0 Å². The molecule has 2 amide bonds. The van der Waals surface area contributed by atoms with Gasteiger partial charge < -0.3 is 19.7 Å². The third-order valence-corrected chi connectivity index (χ3v) is 5.55. The number of amides is 2. The minimum absolute atomic E-state index is 0.0540. The maximum atomic E-state index is 12.6. The fourth-order valence-electron chi connectivity index (χ4n) is 3.36. The van der Waals surface area contributed by atoms with Crippen LogP contribution in [0.15, 0.2) is 24.3 Å². The number of methoxy groups -OCH3 is 1. The van der Waals surface area contributed by atoms with Crippen LogP contribution in [0.3, 0.4) is 0 Å².